The molecule has 1 N–H and O–H groups in total. The van der Waals surface area contributed by atoms with E-state index < -0.39 is 0 Å². The normalized spacial score (nSPS) is 12.6. The van der Waals surface area contributed by atoms with Crippen LogP contribution in [-0.2, 0) is 0 Å². The summed E-state index contributed by atoms with van der Waals surface area (Å²) in [4.78, 5) is 13.0. The van der Waals surface area contributed by atoms with Crippen molar-refractivity contribution >= 4 is 11.6 Å². The van der Waals surface area contributed by atoms with Crippen LogP contribution in [-0.4, -0.2) is 30.8 Å². The molecule has 1 aliphatic rings. The van der Waals surface area contributed by atoms with Gasteiger partial charge in [-0.15, -0.1) is 0 Å². The predicted molar refractivity (Wildman–Crippen MR) is 112 cm³/mol. The molecule has 0 radical (unpaired) electrons. The molecule has 150 valence electrons. The number of amides is 1. The number of nitrogens with one attached hydrogen (secondary N) is 1. The number of fused-ring (bicyclic) bond motifs is 1. The van der Waals surface area contributed by atoms with Crippen molar-refractivity contribution in [3.05, 3.63) is 65.0 Å². The van der Waals surface area contributed by atoms with Gasteiger partial charge in [-0.3, -0.25) is 4.79 Å². The summed E-state index contributed by atoms with van der Waals surface area (Å²) in [6.07, 6.45) is 0. The fraction of sp³-hybridized carbons (Fsp3) is 0.261. The second-order valence-corrected chi connectivity index (χ2v) is 7.11. The number of rotatable bonds is 4. The van der Waals surface area contributed by atoms with Gasteiger partial charge in [0, 0.05) is 23.1 Å². The van der Waals surface area contributed by atoms with E-state index >= 15 is 0 Å². The number of aromatic nitrogens is 1. The molecule has 2 heterocycles. The molecule has 0 unspecified atom stereocenters. The Bertz CT molecular complexity index is 1080. The second kappa shape index (κ2) is 7.54. The van der Waals surface area contributed by atoms with Crippen LogP contribution < -0.4 is 19.5 Å². The standard InChI is InChI=1S/C23H24N2O4/c1-14-5-7-20(27-4)19(11-14)24-23(26)18-12-15(2)25(16(18)3)17-6-8-21-22(13-17)29-10-9-28-21/h5-8,11-13H,9-10H2,1-4H3,(H,24,26). The average molecular weight is 392 g/mol. The first-order valence-corrected chi connectivity index (χ1v) is 9.53. The van der Waals surface area contributed by atoms with E-state index in [0.717, 1.165) is 34.1 Å². The Morgan fingerprint density at radius 3 is 2.52 bits per heavy atom. The third kappa shape index (κ3) is 3.53. The quantitative estimate of drug-likeness (QED) is 0.713. The Kier molecular flexibility index (Phi) is 4.92. The third-order valence-corrected chi connectivity index (χ3v) is 5.06. The maximum Gasteiger partial charge on any atom is 0.257 e. The number of carbonyl (C=O) groups is 1. The lowest BCUT2D eigenvalue weighted by Crippen LogP contribution is -2.16. The molecule has 0 spiro atoms. The first-order valence-electron chi connectivity index (χ1n) is 9.53. The predicted octanol–water partition coefficient (Wildman–Crippen LogP) is 4.43. The molecule has 0 fully saturated rings. The van der Waals surface area contributed by atoms with Gasteiger partial charge >= 0.3 is 0 Å². The Morgan fingerprint density at radius 2 is 1.76 bits per heavy atom. The molecule has 4 rings (SSSR count). The summed E-state index contributed by atoms with van der Waals surface area (Å²) >= 11 is 0. The van der Waals surface area contributed by atoms with Gasteiger partial charge < -0.3 is 24.1 Å². The van der Waals surface area contributed by atoms with E-state index in [4.69, 9.17) is 14.2 Å². The van der Waals surface area contributed by atoms with E-state index in [2.05, 4.69) is 5.32 Å². The van der Waals surface area contributed by atoms with Gasteiger partial charge in [0.15, 0.2) is 11.5 Å². The molecule has 29 heavy (non-hydrogen) atoms. The topological polar surface area (TPSA) is 61.7 Å². The molecular weight excluding hydrogens is 368 g/mol. The number of hydrogen-bond donors (Lipinski definition) is 1. The third-order valence-electron chi connectivity index (χ3n) is 5.06. The lowest BCUT2D eigenvalue weighted by Gasteiger charge is -2.20. The Hall–Kier alpha value is -3.41. The summed E-state index contributed by atoms with van der Waals surface area (Å²) in [6, 6.07) is 13.4. The number of nitrogens with zero attached hydrogens (tertiary/aromatic N) is 1. The van der Waals surface area contributed by atoms with Crippen molar-refractivity contribution in [1.29, 1.82) is 0 Å². The van der Waals surface area contributed by atoms with Crippen molar-refractivity contribution in [1.82, 2.24) is 4.57 Å². The maximum atomic E-state index is 13.0. The van der Waals surface area contributed by atoms with E-state index in [-0.39, 0.29) is 5.91 Å². The van der Waals surface area contributed by atoms with Crippen LogP contribution >= 0.6 is 0 Å². The zero-order chi connectivity index (χ0) is 20.5. The molecule has 0 bridgehead atoms. The summed E-state index contributed by atoms with van der Waals surface area (Å²) in [7, 11) is 1.59. The highest BCUT2D eigenvalue weighted by Gasteiger charge is 2.20. The van der Waals surface area contributed by atoms with Crippen molar-refractivity contribution < 1.29 is 19.0 Å². The molecule has 2 aromatic carbocycles. The van der Waals surface area contributed by atoms with Gasteiger partial charge in [-0.1, -0.05) is 6.07 Å². The zero-order valence-corrected chi connectivity index (χ0v) is 17.0. The van der Waals surface area contributed by atoms with Gasteiger partial charge in [0.2, 0.25) is 0 Å². The fourth-order valence-corrected chi connectivity index (χ4v) is 3.67. The lowest BCUT2D eigenvalue weighted by atomic mass is 10.2. The number of methoxy groups -OCH3 is 1. The summed E-state index contributed by atoms with van der Waals surface area (Å²) in [5.74, 6) is 1.92. The number of aryl methyl sites for hydroxylation is 2. The van der Waals surface area contributed by atoms with Gasteiger partial charge in [0.25, 0.3) is 5.91 Å². The van der Waals surface area contributed by atoms with Crippen LogP contribution in [0.2, 0.25) is 0 Å². The monoisotopic (exact) mass is 392 g/mol. The lowest BCUT2D eigenvalue weighted by molar-refractivity contribution is 0.102. The Labute approximate surface area is 170 Å². The van der Waals surface area contributed by atoms with E-state index in [9.17, 15) is 4.79 Å². The van der Waals surface area contributed by atoms with Crippen LogP contribution in [0.3, 0.4) is 0 Å². The maximum absolute atomic E-state index is 13.0. The second-order valence-electron chi connectivity index (χ2n) is 7.11. The van der Waals surface area contributed by atoms with Gasteiger partial charge in [-0.25, -0.2) is 0 Å². The van der Waals surface area contributed by atoms with Gasteiger partial charge in [0.05, 0.1) is 18.4 Å². The van der Waals surface area contributed by atoms with Crippen LogP contribution in [0.4, 0.5) is 5.69 Å². The SMILES string of the molecule is COc1ccc(C)cc1NC(=O)c1cc(C)n(-c2ccc3c(c2)OCCO3)c1C. The van der Waals surface area contributed by atoms with Crippen LogP contribution in [0.15, 0.2) is 42.5 Å². The van der Waals surface area contributed by atoms with Crippen molar-refractivity contribution in [2.45, 2.75) is 20.8 Å². The molecule has 3 aromatic rings. The number of anilines is 1. The van der Waals surface area contributed by atoms with Crippen LogP contribution in [0.5, 0.6) is 17.2 Å². The van der Waals surface area contributed by atoms with E-state index in [1.807, 2.05) is 67.8 Å². The molecule has 0 atom stereocenters. The van der Waals surface area contributed by atoms with Crippen LogP contribution in [0.1, 0.15) is 27.3 Å². The van der Waals surface area contributed by atoms with Crippen molar-refractivity contribution in [3.63, 3.8) is 0 Å². The van der Waals surface area contributed by atoms with E-state index in [1.165, 1.54) is 0 Å². The van der Waals surface area contributed by atoms with Crippen LogP contribution in [0.25, 0.3) is 5.69 Å². The number of hydrogen-bond acceptors (Lipinski definition) is 4. The molecule has 6 heteroatoms. The number of benzene rings is 2. The summed E-state index contributed by atoms with van der Waals surface area (Å²) in [6.45, 7) is 6.98. The average Bonchev–Trinajstić information content (AvgIpc) is 3.02. The van der Waals surface area contributed by atoms with Gasteiger partial charge in [-0.2, -0.15) is 0 Å². The summed E-state index contributed by atoms with van der Waals surface area (Å²) in [5.41, 5.74) is 5.05. The van der Waals surface area contributed by atoms with Crippen LogP contribution in [0, 0.1) is 20.8 Å². The minimum atomic E-state index is -0.175. The van der Waals surface area contributed by atoms with E-state index in [1.54, 1.807) is 7.11 Å². The minimum Gasteiger partial charge on any atom is -0.495 e. The molecule has 0 aliphatic carbocycles. The highest BCUT2D eigenvalue weighted by Crippen LogP contribution is 2.34. The van der Waals surface area contributed by atoms with Gasteiger partial charge in [-0.05, 0) is 56.7 Å². The first-order chi connectivity index (χ1) is 14.0. The smallest absolute Gasteiger partial charge is 0.257 e. The first kappa shape index (κ1) is 18.9. The summed E-state index contributed by atoms with van der Waals surface area (Å²) in [5, 5.41) is 2.98. The molecule has 0 saturated carbocycles. The molecule has 1 aliphatic heterocycles. The zero-order valence-electron chi connectivity index (χ0n) is 17.0. The number of carbonyl (C=O) groups excluding carboxylic acids is 1. The van der Waals surface area contributed by atoms with Crippen molar-refractivity contribution in [3.8, 4) is 22.9 Å². The largest absolute Gasteiger partial charge is 0.495 e. The van der Waals surface area contributed by atoms with Crippen molar-refractivity contribution in [2.75, 3.05) is 25.6 Å². The van der Waals surface area contributed by atoms with E-state index in [0.29, 0.717) is 30.2 Å². The minimum absolute atomic E-state index is 0.175. The van der Waals surface area contributed by atoms with Crippen molar-refractivity contribution in [2.24, 2.45) is 0 Å². The number of ether oxygens (including phenoxy) is 3. The highest BCUT2D eigenvalue weighted by atomic mass is 16.6. The molecular formula is C23H24N2O4. The molecule has 6 nitrogen and oxygen atoms in total. The molecule has 1 amide bonds. The summed E-state index contributed by atoms with van der Waals surface area (Å²) < 4.78 is 18.7. The molecule has 0 saturated heterocycles. The van der Waals surface area contributed by atoms with Gasteiger partial charge in [0.1, 0.15) is 19.0 Å². The highest BCUT2D eigenvalue weighted by molar-refractivity contribution is 6.06. The molecule has 1 aromatic heterocycles. The Balaban J connectivity index is 1.67. The fourth-order valence-electron chi connectivity index (χ4n) is 3.67. The Morgan fingerprint density at radius 1 is 1.00 bits per heavy atom.